The number of fused-ring (bicyclic) bond motifs is 1. The van der Waals surface area contributed by atoms with E-state index in [1.54, 1.807) is 42.7 Å². The highest BCUT2D eigenvalue weighted by atomic mass is 35.5. The second-order valence-electron chi connectivity index (χ2n) is 9.15. The number of nitrogens with zero attached hydrogens (tertiary/aromatic N) is 4. The molecule has 0 unspecified atom stereocenters. The average molecular weight is 549 g/mol. The van der Waals surface area contributed by atoms with Crippen LogP contribution in [0.5, 0.6) is 17.2 Å². The van der Waals surface area contributed by atoms with Crippen molar-refractivity contribution >= 4 is 28.3 Å². The Morgan fingerprint density at radius 3 is 2.64 bits per heavy atom. The van der Waals surface area contributed by atoms with Crippen molar-refractivity contribution in [2.24, 2.45) is 0 Å². The highest BCUT2D eigenvalue weighted by Crippen LogP contribution is 2.33. The molecule has 5 rings (SSSR count). The van der Waals surface area contributed by atoms with E-state index in [0.29, 0.717) is 51.3 Å². The van der Waals surface area contributed by atoms with Gasteiger partial charge in [0.05, 0.1) is 44.6 Å². The Morgan fingerprint density at radius 1 is 1.03 bits per heavy atom. The number of benzene rings is 1. The van der Waals surface area contributed by atoms with E-state index in [1.807, 2.05) is 12.1 Å². The summed E-state index contributed by atoms with van der Waals surface area (Å²) in [5.41, 5.74) is 2.24. The van der Waals surface area contributed by atoms with Crippen LogP contribution >= 0.6 is 11.6 Å². The predicted octanol–water partition coefficient (Wildman–Crippen LogP) is 4.49. The van der Waals surface area contributed by atoms with Gasteiger partial charge in [-0.25, -0.2) is 0 Å². The van der Waals surface area contributed by atoms with E-state index in [9.17, 15) is 9.90 Å². The SMILES string of the molecule is O=C(Cc1ccc(Oc2ccnc3cc(OCCCN4CCOCC4)c(CO)cc23)cn1)c1cc(Cl)ccn1. The minimum atomic E-state index is -0.172. The minimum absolute atomic E-state index is 0.0981. The largest absolute Gasteiger partial charge is 0.493 e. The number of halogens is 1. The number of ketones is 1. The summed E-state index contributed by atoms with van der Waals surface area (Å²) in [6.45, 7) is 4.76. The van der Waals surface area contributed by atoms with E-state index >= 15 is 0 Å². The molecule has 0 saturated carbocycles. The molecule has 1 aliphatic heterocycles. The van der Waals surface area contributed by atoms with Crippen LogP contribution in [0.3, 0.4) is 0 Å². The van der Waals surface area contributed by atoms with Crippen molar-refractivity contribution in [2.75, 3.05) is 39.5 Å². The number of aliphatic hydroxyl groups is 1. The fourth-order valence-corrected chi connectivity index (χ4v) is 4.51. The first kappa shape index (κ1) is 27.0. The fourth-order valence-electron chi connectivity index (χ4n) is 4.35. The number of pyridine rings is 3. The average Bonchev–Trinajstić information content (AvgIpc) is 2.96. The predicted molar refractivity (Wildman–Crippen MR) is 147 cm³/mol. The highest BCUT2D eigenvalue weighted by molar-refractivity contribution is 6.30. The Morgan fingerprint density at radius 2 is 1.87 bits per heavy atom. The van der Waals surface area contributed by atoms with E-state index < -0.39 is 0 Å². The van der Waals surface area contributed by atoms with Crippen LogP contribution in [0, 0.1) is 0 Å². The third-order valence-corrected chi connectivity index (χ3v) is 6.64. The van der Waals surface area contributed by atoms with Crippen molar-refractivity contribution in [2.45, 2.75) is 19.4 Å². The standard InChI is InChI=1S/C29H29ClN4O5/c30-21-4-6-32-26(15-21)27(36)16-22-2-3-23(18-33-22)39-28-5-7-31-25-17-29(20(19-35)14-24(25)28)38-11-1-8-34-9-12-37-13-10-34/h2-7,14-15,17-18,35H,1,8-13,16,19H2. The van der Waals surface area contributed by atoms with Crippen molar-refractivity contribution in [1.29, 1.82) is 0 Å². The van der Waals surface area contributed by atoms with Gasteiger partial charge >= 0.3 is 0 Å². The molecule has 1 N–H and O–H groups in total. The molecule has 1 saturated heterocycles. The molecule has 0 bridgehead atoms. The molecule has 0 amide bonds. The number of rotatable bonds is 11. The van der Waals surface area contributed by atoms with E-state index in [4.69, 9.17) is 25.8 Å². The Kier molecular flexibility index (Phi) is 8.95. The lowest BCUT2D eigenvalue weighted by atomic mass is 10.1. The number of Topliss-reactive ketones (excluding diaryl/α,β-unsaturated/α-hetero) is 1. The van der Waals surface area contributed by atoms with Gasteiger partial charge in [0.25, 0.3) is 0 Å². The number of morpholine rings is 1. The summed E-state index contributed by atoms with van der Waals surface area (Å²) in [6, 6.07) is 12.1. The van der Waals surface area contributed by atoms with Crippen LogP contribution in [-0.2, 0) is 17.8 Å². The van der Waals surface area contributed by atoms with E-state index in [1.165, 1.54) is 6.20 Å². The number of aromatic nitrogens is 3. The number of carbonyl (C=O) groups excluding carboxylic acids is 1. The third kappa shape index (κ3) is 7.07. The molecule has 1 aliphatic rings. The first-order valence-corrected chi connectivity index (χ1v) is 13.2. The van der Waals surface area contributed by atoms with Crippen molar-refractivity contribution in [1.82, 2.24) is 19.9 Å². The normalized spacial score (nSPS) is 13.9. The lowest BCUT2D eigenvalue weighted by molar-refractivity contribution is 0.0357. The molecule has 1 aromatic carbocycles. The van der Waals surface area contributed by atoms with Gasteiger partial charge < -0.3 is 19.3 Å². The van der Waals surface area contributed by atoms with Crippen LogP contribution in [0.1, 0.15) is 28.2 Å². The summed E-state index contributed by atoms with van der Waals surface area (Å²) in [4.78, 5) is 27.8. The van der Waals surface area contributed by atoms with Gasteiger partial charge in [-0.15, -0.1) is 0 Å². The van der Waals surface area contributed by atoms with Crippen molar-refractivity contribution in [3.8, 4) is 17.2 Å². The van der Waals surface area contributed by atoms with E-state index in [0.717, 1.165) is 44.7 Å². The summed E-state index contributed by atoms with van der Waals surface area (Å²) < 4.78 is 17.5. The van der Waals surface area contributed by atoms with Crippen LogP contribution < -0.4 is 9.47 Å². The molecule has 202 valence electrons. The molecular weight excluding hydrogens is 520 g/mol. The first-order valence-electron chi connectivity index (χ1n) is 12.8. The minimum Gasteiger partial charge on any atom is -0.493 e. The van der Waals surface area contributed by atoms with Gasteiger partial charge in [-0.1, -0.05) is 11.6 Å². The fraction of sp³-hybridized carbons (Fsp3) is 0.310. The Hall–Kier alpha value is -3.63. The van der Waals surface area contributed by atoms with Gasteiger partial charge in [-0.3, -0.25) is 24.6 Å². The van der Waals surface area contributed by atoms with Crippen LogP contribution in [0.4, 0.5) is 0 Å². The number of carbonyl (C=O) groups is 1. The molecule has 0 spiro atoms. The Labute approximate surface area is 231 Å². The van der Waals surface area contributed by atoms with E-state index in [-0.39, 0.29) is 18.8 Å². The van der Waals surface area contributed by atoms with Gasteiger partial charge in [0.1, 0.15) is 22.9 Å². The molecule has 4 heterocycles. The molecule has 39 heavy (non-hydrogen) atoms. The highest BCUT2D eigenvalue weighted by Gasteiger charge is 2.14. The van der Waals surface area contributed by atoms with Crippen LogP contribution in [0.15, 0.2) is 61.1 Å². The Balaban J connectivity index is 1.24. The summed E-state index contributed by atoms with van der Waals surface area (Å²) in [5.74, 6) is 1.52. The van der Waals surface area contributed by atoms with Gasteiger partial charge in [0.2, 0.25) is 0 Å². The maximum Gasteiger partial charge on any atom is 0.187 e. The lowest BCUT2D eigenvalue weighted by Crippen LogP contribution is -2.37. The second-order valence-corrected chi connectivity index (χ2v) is 9.58. The maximum atomic E-state index is 12.5. The summed E-state index contributed by atoms with van der Waals surface area (Å²) in [7, 11) is 0. The topological polar surface area (TPSA) is 107 Å². The van der Waals surface area contributed by atoms with Crippen molar-refractivity contribution in [3.63, 3.8) is 0 Å². The monoisotopic (exact) mass is 548 g/mol. The van der Waals surface area contributed by atoms with Gasteiger partial charge in [-0.2, -0.15) is 0 Å². The van der Waals surface area contributed by atoms with Crippen molar-refractivity contribution < 1.29 is 24.1 Å². The molecule has 9 nitrogen and oxygen atoms in total. The smallest absolute Gasteiger partial charge is 0.187 e. The third-order valence-electron chi connectivity index (χ3n) is 6.41. The summed E-state index contributed by atoms with van der Waals surface area (Å²) in [6.07, 6.45) is 5.71. The van der Waals surface area contributed by atoms with Crippen LogP contribution in [0.2, 0.25) is 5.02 Å². The van der Waals surface area contributed by atoms with Gasteiger partial charge in [-0.05, 0) is 42.8 Å². The molecule has 3 aromatic heterocycles. The molecule has 0 aliphatic carbocycles. The molecule has 10 heteroatoms. The number of aliphatic hydroxyl groups excluding tert-OH is 1. The number of hydrogen-bond donors (Lipinski definition) is 1. The number of hydrogen-bond acceptors (Lipinski definition) is 9. The number of ether oxygens (including phenoxy) is 3. The molecule has 0 atom stereocenters. The zero-order chi connectivity index (χ0) is 27.0. The summed E-state index contributed by atoms with van der Waals surface area (Å²) in [5, 5.41) is 11.2. The van der Waals surface area contributed by atoms with Crippen molar-refractivity contribution in [3.05, 3.63) is 83.0 Å². The van der Waals surface area contributed by atoms with E-state index in [2.05, 4.69) is 19.9 Å². The lowest BCUT2D eigenvalue weighted by Gasteiger charge is -2.26. The van der Waals surface area contributed by atoms with Gasteiger partial charge in [0.15, 0.2) is 5.78 Å². The quantitative estimate of drug-likeness (QED) is 0.214. The van der Waals surface area contributed by atoms with Crippen LogP contribution in [0.25, 0.3) is 10.9 Å². The Bertz CT molecular complexity index is 1430. The molecule has 0 radical (unpaired) electrons. The molecule has 4 aromatic rings. The van der Waals surface area contributed by atoms with Gasteiger partial charge in [0, 0.05) is 59.8 Å². The maximum absolute atomic E-state index is 12.5. The summed E-state index contributed by atoms with van der Waals surface area (Å²) >= 11 is 5.96. The second kappa shape index (κ2) is 12.9. The molecular formula is C29H29ClN4O5. The molecule has 1 fully saturated rings. The zero-order valence-electron chi connectivity index (χ0n) is 21.4. The first-order chi connectivity index (χ1) is 19.1. The van der Waals surface area contributed by atoms with Crippen LogP contribution in [-0.4, -0.2) is 70.2 Å². The zero-order valence-corrected chi connectivity index (χ0v) is 22.1.